The number of halogens is 1. The number of carboxylic acid groups (broad SMARTS) is 1. The molecule has 0 aliphatic carbocycles. The summed E-state index contributed by atoms with van der Waals surface area (Å²) in [5, 5.41) is 18.0. The Hall–Kier alpha value is -1.63. The molecule has 0 spiro atoms. The van der Waals surface area contributed by atoms with Crippen LogP contribution >= 0.6 is 0 Å². The Morgan fingerprint density at radius 1 is 1.39 bits per heavy atom. The highest BCUT2D eigenvalue weighted by Crippen LogP contribution is 2.28. The summed E-state index contributed by atoms with van der Waals surface area (Å²) in [5.74, 6) is -2.91. The van der Waals surface area contributed by atoms with Crippen molar-refractivity contribution in [3.05, 3.63) is 23.5 Å². The van der Waals surface area contributed by atoms with Gasteiger partial charge in [-0.05, 0) is 24.5 Å². The Kier molecular flexibility index (Phi) is 4.28. The lowest BCUT2D eigenvalue weighted by molar-refractivity contribution is -0.137. The zero-order valence-electron chi connectivity index (χ0n) is 9.68. The van der Waals surface area contributed by atoms with Crippen molar-refractivity contribution in [1.29, 1.82) is 0 Å². The summed E-state index contributed by atoms with van der Waals surface area (Å²) in [6, 6.07) is 2.36. The predicted octanol–water partition coefficient (Wildman–Crippen LogP) is 1.34. The molecule has 0 radical (unpaired) electrons. The number of hydrogen-bond donors (Lipinski definition) is 2. The third kappa shape index (κ3) is 3.43. The Morgan fingerprint density at radius 3 is 2.50 bits per heavy atom. The van der Waals surface area contributed by atoms with Gasteiger partial charge in [-0.1, -0.05) is 6.07 Å². The highest BCUT2D eigenvalue weighted by atomic mass is 32.2. The van der Waals surface area contributed by atoms with Crippen LogP contribution in [0.25, 0.3) is 0 Å². The van der Waals surface area contributed by atoms with Gasteiger partial charge in [-0.25, -0.2) is 12.8 Å². The number of hydrogen-bond acceptors (Lipinski definition) is 4. The Bertz CT molecular complexity index is 565. The molecule has 0 aliphatic heterocycles. The number of phenols is 1. The third-order valence-electron chi connectivity index (χ3n) is 2.40. The Morgan fingerprint density at radius 2 is 2.00 bits per heavy atom. The lowest BCUT2D eigenvalue weighted by atomic mass is 10.1. The highest BCUT2D eigenvalue weighted by Gasteiger charge is 2.19. The van der Waals surface area contributed by atoms with E-state index in [0.717, 1.165) is 12.3 Å². The molecule has 18 heavy (non-hydrogen) atoms. The number of aromatic hydroxyl groups is 1. The van der Waals surface area contributed by atoms with Crippen molar-refractivity contribution in [1.82, 2.24) is 0 Å². The number of sulfone groups is 1. The van der Waals surface area contributed by atoms with Gasteiger partial charge in [-0.3, -0.25) is 4.79 Å². The maximum atomic E-state index is 13.6. The molecular formula is C11H13FO5S. The zero-order chi connectivity index (χ0) is 13.9. The average Bonchev–Trinajstić information content (AvgIpc) is 2.22. The normalized spacial score (nSPS) is 11.4. The van der Waals surface area contributed by atoms with Gasteiger partial charge in [0.05, 0.1) is 0 Å². The fourth-order valence-electron chi connectivity index (χ4n) is 1.50. The molecule has 0 heterocycles. The van der Waals surface area contributed by atoms with E-state index in [-0.39, 0.29) is 24.8 Å². The molecule has 0 aromatic heterocycles. The van der Waals surface area contributed by atoms with Crippen molar-refractivity contribution in [3.63, 3.8) is 0 Å². The van der Waals surface area contributed by atoms with E-state index < -0.39 is 32.3 Å². The molecule has 1 rings (SSSR count). The van der Waals surface area contributed by atoms with E-state index >= 15 is 0 Å². The molecule has 0 aliphatic rings. The summed E-state index contributed by atoms with van der Waals surface area (Å²) in [6.07, 6.45) is 1.14. The second-order valence-electron chi connectivity index (χ2n) is 3.90. The number of aliphatic carboxylic acids is 1. The SMILES string of the molecule is CS(=O)(=O)c1ccc(CCCC(=O)O)c(O)c1F. The van der Waals surface area contributed by atoms with Crippen LogP contribution < -0.4 is 0 Å². The van der Waals surface area contributed by atoms with Crippen LogP contribution in [0.4, 0.5) is 4.39 Å². The van der Waals surface area contributed by atoms with E-state index in [1.165, 1.54) is 6.07 Å². The Labute approximate surface area is 104 Å². The molecule has 0 fully saturated rings. The average molecular weight is 276 g/mol. The van der Waals surface area contributed by atoms with Crippen LogP contribution in [0, 0.1) is 5.82 Å². The monoisotopic (exact) mass is 276 g/mol. The first-order chi connectivity index (χ1) is 8.23. The van der Waals surface area contributed by atoms with Gasteiger partial charge in [0.2, 0.25) is 0 Å². The molecule has 0 saturated carbocycles. The molecule has 2 N–H and O–H groups in total. The molecule has 100 valence electrons. The summed E-state index contributed by atoms with van der Waals surface area (Å²) in [7, 11) is -3.74. The van der Waals surface area contributed by atoms with Crippen molar-refractivity contribution in [3.8, 4) is 5.75 Å². The van der Waals surface area contributed by atoms with Crippen molar-refractivity contribution in [2.75, 3.05) is 6.26 Å². The predicted molar refractivity (Wildman–Crippen MR) is 61.7 cm³/mol. The van der Waals surface area contributed by atoms with Crippen LogP contribution in [0.1, 0.15) is 18.4 Å². The van der Waals surface area contributed by atoms with Crippen molar-refractivity contribution in [2.45, 2.75) is 24.2 Å². The molecule has 7 heteroatoms. The highest BCUT2D eigenvalue weighted by molar-refractivity contribution is 7.90. The molecule has 1 aromatic rings. The van der Waals surface area contributed by atoms with Gasteiger partial charge >= 0.3 is 5.97 Å². The van der Waals surface area contributed by atoms with Crippen molar-refractivity contribution >= 4 is 15.8 Å². The van der Waals surface area contributed by atoms with E-state index in [2.05, 4.69) is 0 Å². The van der Waals surface area contributed by atoms with E-state index in [1.54, 1.807) is 0 Å². The summed E-state index contributed by atoms with van der Waals surface area (Å²) in [6.45, 7) is 0. The van der Waals surface area contributed by atoms with Crippen LogP contribution in [0.2, 0.25) is 0 Å². The number of aryl methyl sites for hydroxylation is 1. The lowest BCUT2D eigenvalue weighted by Gasteiger charge is -2.08. The quantitative estimate of drug-likeness (QED) is 0.846. The lowest BCUT2D eigenvalue weighted by Crippen LogP contribution is -2.03. The smallest absolute Gasteiger partial charge is 0.303 e. The molecule has 5 nitrogen and oxygen atoms in total. The van der Waals surface area contributed by atoms with E-state index in [0.29, 0.717) is 0 Å². The van der Waals surface area contributed by atoms with Gasteiger partial charge in [0.1, 0.15) is 4.90 Å². The van der Waals surface area contributed by atoms with Crippen LogP contribution in [0.5, 0.6) is 5.75 Å². The number of phenolic OH excluding ortho intramolecular Hbond substituents is 1. The fourth-order valence-corrected chi connectivity index (χ4v) is 2.24. The number of benzene rings is 1. The van der Waals surface area contributed by atoms with Crippen LogP contribution in [0.3, 0.4) is 0 Å². The summed E-state index contributed by atoms with van der Waals surface area (Å²) < 4.78 is 36.0. The van der Waals surface area contributed by atoms with Gasteiger partial charge in [0, 0.05) is 12.7 Å². The van der Waals surface area contributed by atoms with Gasteiger partial charge in [0.25, 0.3) is 0 Å². The maximum Gasteiger partial charge on any atom is 0.303 e. The first-order valence-electron chi connectivity index (χ1n) is 5.15. The van der Waals surface area contributed by atoms with Crippen molar-refractivity contribution in [2.24, 2.45) is 0 Å². The topological polar surface area (TPSA) is 91.7 Å². The van der Waals surface area contributed by atoms with Crippen molar-refractivity contribution < 1.29 is 27.8 Å². The molecular weight excluding hydrogens is 263 g/mol. The minimum Gasteiger partial charge on any atom is -0.505 e. The minimum atomic E-state index is -3.74. The maximum absolute atomic E-state index is 13.6. The van der Waals surface area contributed by atoms with E-state index in [4.69, 9.17) is 5.11 Å². The summed E-state index contributed by atoms with van der Waals surface area (Å²) in [4.78, 5) is 9.74. The first-order valence-corrected chi connectivity index (χ1v) is 7.05. The molecule has 0 bridgehead atoms. The van der Waals surface area contributed by atoms with Crippen LogP contribution in [-0.4, -0.2) is 30.9 Å². The van der Waals surface area contributed by atoms with Gasteiger partial charge < -0.3 is 10.2 Å². The summed E-state index contributed by atoms with van der Waals surface area (Å²) in [5.41, 5.74) is 0.196. The zero-order valence-corrected chi connectivity index (χ0v) is 10.5. The third-order valence-corrected chi connectivity index (χ3v) is 3.51. The van der Waals surface area contributed by atoms with E-state index in [1.807, 2.05) is 0 Å². The Balaban J connectivity index is 2.98. The molecule has 0 unspecified atom stereocenters. The first kappa shape index (κ1) is 14.4. The summed E-state index contributed by atoms with van der Waals surface area (Å²) >= 11 is 0. The second-order valence-corrected chi connectivity index (χ2v) is 5.89. The molecule has 0 amide bonds. The standard InChI is InChI=1S/C11H13FO5S/c1-18(16,17)8-6-5-7(11(15)10(8)12)3-2-4-9(13)14/h5-6,15H,2-4H2,1H3,(H,13,14). The second kappa shape index (κ2) is 5.34. The fraction of sp³-hybridized carbons (Fsp3) is 0.364. The van der Waals surface area contributed by atoms with Crippen LogP contribution in [-0.2, 0) is 21.1 Å². The van der Waals surface area contributed by atoms with E-state index in [9.17, 15) is 22.7 Å². The number of carboxylic acids is 1. The van der Waals surface area contributed by atoms with Crippen LogP contribution in [0.15, 0.2) is 17.0 Å². The number of rotatable bonds is 5. The molecule has 0 saturated heterocycles. The minimum absolute atomic E-state index is 0.102. The molecule has 0 atom stereocenters. The number of carbonyl (C=O) groups is 1. The molecule has 1 aromatic carbocycles. The van der Waals surface area contributed by atoms with Gasteiger partial charge in [-0.2, -0.15) is 0 Å². The largest absolute Gasteiger partial charge is 0.505 e. The van der Waals surface area contributed by atoms with Gasteiger partial charge in [0.15, 0.2) is 21.4 Å². The van der Waals surface area contributed by atoms with Gasteiger partial charge in [-0.15, -0.1) is 0 Å².